The molecule has 6 aromatic carbocycles. The predicted molar refractivity (Wildman–Crippen MR) is 301 cm³/mol. The minimum atomic E-state index is 0.895. The lowest BCUT2D eigenvalue weighted by atomic mass is 10.1. The van der Waals surface area contributed by atoms with Crippen LogP contribution in [0.5, 0.6) is 0 Å². The van der Waals surface area contributed by atoms with E-state index in [0.29, 0.717) is 0 Å². The summed E-state index contributed by atoms with van der Waals surface area (Å²) in [5, 5.41) is 12.0. The van der Waals surface area contributed by atoms with Gasteiger partial charge in [0.1, 0.15) is 11.3 Å². The summed E-state index contributed by atoms with van der Waals surface area (Å²) in [5.74, 6) is 0. The average molecular weight is 1010 g/mol. The summed E-state index contributed by atoms with van der Waals surface area (Å²) in [7, 11) is 0. The van der Waals surface area contributed by atoms with Crippen LogP contribution < -0.4 is 0 Å². The Kier molecular flexibility index (Phi) is 9.87. The number of nitrogens with zero attached hydrogens (tertiary/aromatic N) is 7. The van der Waals surface area contributed by atoms with E-state index in [1.54, 1.807) is 6.20 Å². The molecule has 0 aliphatic carbocycles. The molecule has 336 valence electrons. The van der Waals surface area contributed by atoms with Gasteiger partial charge in [0.2, 0.25) is 0 Å². The molecular formula is C60H37BrN8S2. The molecule has 10 heterocycles. The first-order chi connectivity index (χ1) is 35.2. The summed E-state index contributed by atoms with van der Waals surface area (Å²) in [6.07, 6.45) is 15.7. The van der Waals surface area contributed by atoms with E-state index in [-0.39, 0.29) is 0 Å². The van der Waals surface area contributed by atoms with E-state index in [4.69, 9.17) is 4.98 Å². The van der Waals surface area contributed by atoms with Crippen molar-refractivity contribution in [1.82, 2.24) is 38.6 Å². The molecule has 11 heteroatoms. The number of hydrogen-bond donors (Lipinski definition) is 1. The Labute approximate surface area is 421 Å². The van der Waals surface area contributed by atoms with Crippen LogP contribution in [0.1, 0.15) is 0 Å². The second kappa shape index (κ2) is 16.9. The molecule has 0 unspecified atom stereocenters. The Balaban J connectivity index is 0.000000111. The highest BCUT2D eigenvalue weighted by molar-refractivity contribution is 9.10. The number of nitrogens with one attached hydrogen (secondary N) is 1. The van der Waals surface area contributed by atoms with E-state index in [2.05, 4.69) is 214 Å². The topological polar surface area (TPSA) is 82.1 Å². The normalized spacial score (nSPS) is 11.7. The highest BCUT2D eigenvalue weighted by Crippen LogP contribution is 2.42. The number of para-hydroxylation sites is 2. The zero-order valence-corrected chi connectivity index (χ0v) is 40.8. The monoisotopic (exact) mass is 1010 g/mol. The van der Waals surface area contributed by atoms with Crippen molar-refractivity contribution in [2.75, 3.05) is 0 Å². The minimum Gasteiger partial charge on any atom is -0.339 e. The number of H-pyrrole nitrogens is 1. The third kappa shape index (κ3) is 6.76. The fourth-order valence-electron chi connectivity index (χ4n) is 10.2. The summed E-state index contributed by atoms with van der Waals surface area (Å²) in [5.41, 5.74) is 9.76. The maximum atomic E-state index is 5.02. The molecule has 0 aliphatic rings. The summed E-state index contributed by atoms with van der Waals surface area (Å²) in [6.45, 7) is 0. The first-order valence-electron chi connectivity index (χ1n) is 23.2. The van der Waals surface area contributed by atoms with Gasteiger partial charge in [-0.3, -0.25) is 14.5 Å². The van der Waals surface area contributed by atoms with Crippen molar-refractivity contribution in [2.45, 2.75) is 0 Å². The molecule has 71 heavy (non-hydrogen) atoms. The molecule has 16 aromatic rings. The highest BCUT2D eigenvalue weighted by atomic mass is 79.9. The Morgan fingerprint density at radius 1 is 0.451 bits per heavy atom. The van der Waals surface area contributed by atoms with Gasteiger partial charge in [-0.2, -0.15) is 0 Å². The van der Waals surface area contributed by atoms with E-state index in [0.717, 1.165) is 82.7 Å². The summed E-state index contributed by atoms with van der Waals surface area (Å²) in [4.78, 5) is 21.7. The van der Waals surface area contributed by atoms with Crippen molar-refractivity contribution < 1.29 is 0 Å². The fourth-order valence-corrected chi connectivity index (χ4v) is 13.1. The summed E-state index contributed by atoms with van der Waals surface area (Å²) < 4.78 is 13.2. The number of benzene rings is 6. The van der Waals surface area contributed by atoms with E-state index in [1.165, 1.54) is 44.8 Å². The van der Waals surface area contributed by atoms with Crippen LogP contribution in [0, 0.1) is 0 Å². The fraction of sp³-hybridized carbons (Fsp3) is 0. The van der Waals surface area contributed by atoms with Gasteiger partial charge in [-0.05, 0) is 88.7 Å². The quantitative estimate of drug-likeness (QED) is 0.191. The van der Waals surface area contributed by atoms with Crippen LogP contribution in [-0.4, -0.2) is 38.6 Å². The number of aromatic nitrogens is 8. The maximum Gasteiger partial charge on any atom is 0.147 e. The SMILES string of the molecule is Brc1cccc2c1sc1ccccc12.c1ccc(-n2ccc3cnc4[nH]c5ccncc5c4c32)cc1.c1ccc(-n2ccc3cnc4c(c5cnccc5n4-c4cccc5c4sc4ccccc45)c32)cc1. The summed E-state index contributed by atoms with van der Waals surface area (Å²) >= 11 is 7.27. The van der Waals surface area contributed by atoms with Crippen LogP contribution in [0.3, 0.4) is 0 Å². The van der Waals surface area contributed by atoms with Crippen LogP contribution in [0.4, 0.5) is 0 Å². The van der Waals surface area contributed by atoms with E-state index in [1.807, 2.05) is 71.9 Å². The molecule has 0 fully saturated rings. The van der Waals surface area contributed by atoms with E-state index >= 15 is 0 Å². The van der Waals surface area contributed by atoms with Gasteiger partial charge in [-0.25, -0.2) is 9.97 Å². The van der Waals surface area contributed by atoms with E-state index < -0.39 is 0 Å². The molecule has 8 nitrogen and oxygen atoms in total. The second-order valence-corrected chi connectivity index (χ2v) is 20.3. The van der Waals surface area contributed by atoms with Gasteiger partial charge in [0.05, 0.1) is 43.2 Å². The number of fused-ring (bicyclic) bond motifs is 16. The molecule has 16 rings (SSSR count). The number of rotatable bonds is 3. The standard InChI is InChI=1S/C30H18N4S.C18H12N4.C12H7BrS/c1-2-7-20(8-3-1)33-16-14-19-17-32-30-27(28(19)33)23-18-31-15-13-24(23)34(30)25-11-6-10-22-21-9-4-5-12-26(21)35-29(22)25;1-2-4-13(5-3-1)22-9-7-12-10-20-18-16(17(12)22)14-11-19-8-6-15(14)21-18;13-10-6-3-5-9-8-4-1-2-7-11(8)14-12(9)10/h1-18H;1-11H,(H,20,21);1-7H. The highest BCUT2D eigenvalue weighted by Gasteiger charge is 2.21. The third-order valence-electron chi connectivity index (χ3n) is 13.3. The van der Waals surface area contributed by atoms with Gasteiger partial charge < -0.3 is 14.1 Å². The van der Waals surface area contributed by atoms with Crippen molar-refractivity contribution in [2.24, 2.45) is 0 Å². The number of thiophene rings is 2. The predicted octanol–water partition coefficient (Wildman–Crippen LogP) is 16.8. The molecule has 0 atom stereocenters. The van der Waals surface area contributed by atoms with Gasteiger partial charge in [0, 0.05) is 123 Å². The lowest BCUT2D eigenvalue weighted by Gasteiger charge is -2.09. The van der Waals surface area contributed by atoms with Crippen LogP contribution >= 0.6 is 38.6 Å². The molecule has 0 spiro atoms. The molecule has 0 aliphatic heterocycles. The van der Waals surface area contributed by atoms with Crippen molar-refractivity contribution in [3.63, 3.8) is 0 Å². The van der Waals surface area contributed by atoms with Crippen molar-refractivity contribution in [3.8, 4) is 17.1 Å². The lowest BCUT2D eigenvalue weighted by Crippen LogP contribution is -1.96. The van der Waals surface area contributed by atoms with Gasteiger partial charge in [0.25, 0.3) is 0 Å². The first kappa shape index (κ1) is 41.5. The zero-order chi connectivity index (χ0) is 47.0. The Morgan fingerprint density at radius 3 is 1.72 bits per heavy atom. The van der Waals surface area contributed by atoms with E-state index in [9.17, 15) is 0 Å². The molecule has 10 aromatic heterocycles. The van der Waals surface area contributed by atoms with Gasteiger partial charge in [0.15, 0.2) is 0 Å². The molecular weight excluding hydrogens is 977 g/mol. The van der Waals surface area contributed by atoms with Gasteiger partial charge in [-0.15, -0.1) is 22.7 Å². The molecule has 0 saturated heterocycles. The lowest BCUT2D eigenvalue weighted by molar-refractivity contribution is 1.13. The molecule has 0 radical (unpaired) electrons. The zero-order valence-electron chi connectivity index (χ0n) is 37.6. The molecule has 0 saturated carbocycles. The number of aromatic amines is 1. The molecule has 1 N–H and O–H groups in total. The number of pyridine rings is 4. The van der Waals surface area contributed by atoms with Crippen LogP contribution in [0.2, 0.25) is 0 Å². The van der Waals surface area contributed by atoms with Crippen molar-refractivity contribution in [1.29, 1.82) is 0 Å². The number of halogens is 1. The Bertz CT molecular complexity index is 4680. The Hall–Kier alpha value is -8.48. The third-order valence-corrected chi connectivity index (χ3v) is 16.7. The largest absolute Gasteiger partial charge is 0.339 e. The molecule has 0 amide bonds. The van der Waals surface area contributed by atoms with Gasteiger partial charge in [-0.1, -0.05) is 97.1 Å². The smallest absolute Gasteiger partial charge is 0.147 e. The van der Waals surface area contributed by atoms with Crippen LogP contribution in [0.25, 0.3) is 123 Å². The van der Waals surface area contributed by atoms with Gasteiger partial charge >= 0.3 is 0 Å². The number of hydrogen-bond acceptors (Lipinski definition) is 6. The van der Waals surface area contributed by atoms with Crippen molar-refractivity contribution >= 4 is 145 Å². The maximum absolute atomic E-state index is 5.02. The summed E-state index contributed by atoms with van der Waals surface area (Å²) in [6, 6.07) is 59.3. The van der Waals surface area contributed by atoms with Crippen LogP contribution in [0.15, 0.2) is 224 Å². The van der Waals surface area contributed by atoms with Crippen LogP contribution in [-0.2, 0) is 0 Å². The van der Waals surface area contributed by atoms with Crippen molar-refractivity contribution in [3.05, 3.63) is 224 Å². The first-order valence-corrected chi connectivity index (χ1v) is 25.6. The molecule has 0 bridgehead atoms. The average Bonchev–Trinajstić information content (AvgIpc) is 4.30. The Morgan fingerprint density at radius 2 is 1.01 bits per heavy atom. The second-order valence-electron chi connectivity index (χ2n) is 17.3. The minimum absolute atomic E-state index is 0.895.